The third kappa shape index (κ3) is 4.20. The first-order valence-electron chi connectivity index (χ1n) is 11.2. The molecule has 4 aromatic heterocycles. The molecule has 4 heterocycles. The van der Waals surface area contributed by atoms with Crippen LogP contribution in [0.25, 0.3) is 16.9 Å². The Morgan fingerprint density at radius 3 is 2.56 bits per heavy atom. The molecule has 0 amide bonds. The third-order valence-corrected chi connectivity index (χ3v) is 4.87. The molecule has 0 aliphatic rings. The van der Waals surface area contributed by atoms with Crippen molar-refractivity contribution in [2.75, 3.05) is 17.6 Å². The topological polar surface area (TPSA) is 109 Å². The third-order valence-electron chi connectivity index (χ3n) is 4.87. The van der Waals surface area contributed by atoms with Crippen molar-refractivity contribution in [3.05, 3.63) is 48.1 Å². The van der Waals surface area contributed by atoms with Crippen molar-refractivity contribution >= 4 is 17.4 Å². The van der Waals surface area contributed by atoms with Gasteiger partial charge >= 0.3 is 6.18 Å². The number of hydrogen-bond donors (Lipinski definition) is 3. The highest BCUT2D eigenvalue weighted by Gasteiger charge is 2.35. The van der Waals surface area contributed by atoms with Gasteiger partial charge in [-0.25, -0.2) is 9.97 Å². The molecule has 0 fully saturated rings. The molecule has 1 atom stereocenters. The normalized spacial score (nSPS) is 14.8. The van der Waals surface area contributed by atoms with Gasteiger partial charge in [0, 0.05) is 22.8 Å². The number of nitrogens with one attached hydrogen (secondary N) is 3. The lowest BCUT2D eigenvalue weighted by Crippen LogP contribution is -2.20. The molecule has 1 unspecified atom stereocenters. The van der Waals surface area contributed by atoms with Crippen molar-refractivity contribution in [1.29, 1.82) is 0 Å². The highest BCUT2D eigenvalue weighted by Crippen LogP contribution is 2.30. The fraction of sp³-hybridized carbons (Fsp3) is 0.350. The second-order valence-electron chi connectivity index (χ2n) is 7.50. The lowest BCUT2D eigenvalue weighted by molar-refractivity contribution is -0.144. The number of anilines is 2. The minimum Gasteiger partial charge on any atom is -0.357 e. The van der Waals surface area contributed by atoms with Crippen LogP contribution in [0, 0.1) is 12.8 Å². The van der Waals surface area contributed by atoms with Crippen molar-refractivity contribution in [2.24, 2.45) is 5.92 Å². The van der Waals surface area contributed by atoms with E-state index in [4.69, 9.17) is 4.11 Å². The van der Waals surface area contributed by atoms with Crippen LogP contribution in [-0.4, -0.2) is 41.3 Å². The molecule has 0 spiro atoms. The molecule has 0 bridgehead atoms. The molecule has 0 aliphatic carbocycles. The molecule has 12 heteroatoms. The predicted molar refractivity (Wildman–Crippen MR) is 113 cm³/mol. The van der Waals surface area contributed by atoms with Crippen molar-refractivity contribution in [3.8, 4) is 11.4 Å². The van der Waals surface area contributed by atoms with E-state index < -0.39 is 25.0 Å². The van der Waals surface area contributed by atoms with Crippen molar-refractivity contribution in [1.82, 2.24) is 34.3 Å². The zero-order chi connectivity index (χ0) is 25.5. The summed E-state index contributed by atoms with van der Waals surface area (Å²) in [6.45, 7) is 2.84. The Morgan fingerprint density at radius 1 is 1.09 bits per heavy atom. The van der Waals surface area contributed by atoms with Gasteiger partial charge in [0.15, 0.2) is 5.82 Å². The summed E-state index contributed by atoms with van der Waals surface area (Å²) >= 11 is 0. The Bertz CT molecular complexity index is 1350. The first-order valence-corrected chi connectivity index (χ1v) is 9.67. The van der Waals surface area contributed by atoms with Gasteiger partial charge in [0.05, 0.1) is 29.6 Å². The van der Waals surface area contributed by atoms with Gasteiger partial charge in [0.1, 0.15) is 5.82 Å². The Morgan fingerprint density at radius 2 is 1.88 bits per heavy atom. The molecular weight excluding hydrogens is 423 g/mol. The van der Waals surface area contributed by atoms with Crippen LogP contribution < -0.4 is 10.6 Å². The molecule has 168 valence electrons. The van der Waals surface area contributed by atoms with Crippen molar-refractivity contribution in [2.45, 2.75) is 33.0 Å². The van der Waals surface area contributed by atoms with E-state index in [1.807, 2.05) is 17.4 Å². The van der Waals surface area contributed by atoms with Gasteiger partial charge in [-0.3, -0.25) is 0 Å². The summed E-state index contributed by atoms with van der Waals surface area (Å²) in [5, 5.41) is 5.25. The van der Waals surface area contributed by atoms with Crippen LogP contribution >= 0.6 is 0 Å². The van der Waals surface area contributed by atoms with E-state index in [-0.39, 0.29) is 29.3 Å². The molecule has 32 heavy (non-hydrogen) atoms. The number of aromatic nitrogens is 7. The molecule has 4 aromatic rings. The second kappa shape index (κ2) is 8.09. The maximum atomic E-state index is 13.0. The zero-order valence-corrected chi connectivity index (χ0v) is 17.4. The number of pyridine rings is 1. The van der Waals surface area contributed by atoms with Crippen molar-refractivity contribution in [3.63, 3.8) is 0 Å². The summed E-state index contributed by atoms with van der Waals surface area (Å²) in [4.78, 5) is 22.7. The van der Waals surface area contributed by atoms with Crippen LogP contribution in [0.1, 0.15) is 41.3 Å². The quantitative estimate of drug-likeness (QED) is 0.408. The molecule has 0 saturated heterocycles. The first kappa shape index (κ1) is 17.9. The highest BCUT2D eigenvalue weighted by molar-refractivity contribution is 5.61. The van der Waals surface area contributed by atoms with E-state index in [1.165, 1.54) is 0 Å². The molecule has 3 N–H and O–H groups in total. The largest absolute Gasteiger partial charge is 0.449 e. The molecule has 9 nitrogen and oxygen atoms in total. The first-order chi connectivity index (χ1) is 16.3. The number of H-pyrrole nitrogens is 1. The number of aryl methyl sites for hydroxylation is 1. The molecule has 0 saturated carbocycles. The number of imidazole rings is 2. The zero-order valence-electron chi connectivity index (χ0n) is 20.4. The number of fused-ring (bicyclic) bond motifs is 1. The molecular formula is C20H22F3N9. The second-order valence-corrected chi connectivity index (χ2v) is 7.50. The Kier molecular flexibility index (Phi) is 4.53. The van der Waals surface area contributed by atoms with Crippen LogP contribution in [0.3, 0.4) is 0 Å². The molecule has 0 aromatic carbocycles. The number of halogens is 3. The van der Waals surface area contributed by atoms with E-state index in [0.717, 1.165) is 17.5 Å². The van der Waals surface area contributed by atoms with Gasteiger partial charge in [-0.05, 0) is 25.0 Å². The van der Waals surface area contributed by atoms with Gasteiger partial charge in [-0.2, -0.15) is 28.1 Å². The summed E-state index contributed by atoms with van der Waals surface area (Å²) in [6, 6.07) is 2.87. The van der Waals surface area contributed by atoms with Crippen LogP contribution in [0.2, 0.25) is 0 Å². The summed E-state index contributed by atoms with van der Waals surface area (Å²) in [5.41, 5.74) is 1.58. The van der Waals surface area contributed by atoms with Crippen LogP contribution in [-0.2, 0) is 6.18 Å². The van der Waals surface area contributed by atoms with E-state index >= 15 is 0 Å². The van der Waals surface area contributed by atoms with E-state index in [0.29, 0.717) is 5.56 Å². The Hall–Kier alpha value is -3.70. The average Bonchev–Trinajstić information content (AvgIpc) is 3.37. The standard InChI is InChI=1S/C20H22F3N9/c1-10(2)15(14-8-26-17(27-14)20(21,22)23)28-19-30-16(29-18(24-4)31-19)12-5-6-13-7-25-11(3)32(13)9-12/h5-10,15H,1-4H3,(H,26,27)(H2,24,28,29,30,31)/i4D3. The molecule has 0 aliphatic heterocycles. The average molecular weight is 448 g/mol. The highest BCUT2D eigenvalue weighted by atomic mass is 19.4. The monoisotopic (exact) mass is 448 g/mol. The number of aromatic amines is 1. The fourth-order valence-corrected chi connectivity index (χ4v) is 3.26. The van der Waals surface area contributed by atoms with Crippen LogP contribution in [0.15, 0.2) is 30.7 Å². The van der Waals surface area contributed by atoms with Crippen LogP contribution in [0.5, 0.6) is 0 Å². The maximum absolute atomic E-state index is 13.0. The number of rotatable bonds is 6. The minimum atomic E-state index is -4.62. The summed E-state index contributed by atoms with van der Waals surface area (Å²) in [5.74, 6) is -0.679. The van der Waals surface area contributed by atoms with Gasteiger partial charge in [-0.1, -0.05) is 13.8 Å². The van der Waals surface area contributed by atoms with Crippen LogP contribution in [0.4, 0.5) is 25.1 Å². The lowest BCUT2D eigenvalue weighted by Gasteiger charge is -2.21. The molecule has 0 radical (unpaired) electrons. The Labute approximate surface area is 185 Å². The van der Waals surface area contributed by atoms with E-state index in [2.05, 4.69) is 40.5 Å². The van der Waals surface area contributed by atoms with Gasteiger partial charge in [0.2, 0.25) is 17.7 Å². The molecule has 4 rings (SSSR count). The summed E-state index contributed by atoms with van der Waals surface area (Å²) in [7, 11) is 0. The lowest BCUT2D eigenvalue weighted by atomic mass is 10.0. The van der Waals surface area contributed by atoms with Crippen molar-refractivity contribution < 1.29 is 17.3 Å². The summed E-state index contributed by atoms with van der Waals surface area (Å²) < 4.78 is 63.5. The van der Waals surface area contributed by atoms with E-state index in [9.17, 15) is 13.2 Å². The maximum Gasteiger partial charge on any atom is 0.449 e. The van der Waals surface area contributed by atoms with E-state index in [1.54, 1.807) is 32.3 Å². The fourth-order valence-electron chi connectivity index (χ4n) is 3.26. The number of nitrogens with zero attached hydrogens (tertiary/aromatic N) is 6. The van der Waals surface area contributed by atoms with Gasteiger partial charge in [0.25, 0.3) is 0 Å². The van der Waals surface area contributed by atoms with Gasteiger partial charge < -0.3 is 20.0 Å². The SMILES string of the molecule is [2H]C([2H])([2H])Nc1nc(NC(c2cnc(C(F)(F)F)[nH]2)C(C)C)nc(-c2ccc3cnc(C)n3c2)n1. The number of hydrogen-bond acceptors (Lipinski definition) is 7. The van der Waals surface area contributed by atoms with Gasteiger partial charge in [-0.15, -0.1) is 0 Å². The number of alkyl halides is 3. The smallest absolute Gasteiger partial charge is 0.357 e. The predicted octanol–water partition coefficient (Wildman–Crippen LogP) is 4.09. The summed E-state index contributed by atoms with van der Waals surface area (Å²) in [6.07, 6.45) is -0.0742. The Balaban J connectivity index is 1.75. The minimum absolute atomic E-state index is 0.0222.